The van der Waals surface area contributed by atoms with Gasteiger partial charge in [0, 0.05) is 24.0 Å². The number of hydrogen-bond acceptors (Lipinski definition) is 5. The van der Waals surface area contributed by atoms with E-state index in [4.69, 9.17) is 0 Å². The Hall–Kier alpha value is -2.76. The van der Waals surface area contributed by atoms with Gasteiger partial charge in [-0.05, 0) is 11.1 Å². The maximum atomic E-state index is 9.60. The van der Waals surface area contributed by atoms with E-state index in [1.807, 2.05) is 36.4 Å². The average Bonchev–Trinajstić information content (AvgIpc) is 3.13. The Balaban J connectivity index is 1.82. The maximum absolute atomic E-state index is 9.60. The fourth-order valence-electron chi connectivity index (χ4n) is 3.11. The molecule has 4 aromatic rings. The Kier molecular flexibility index (Phi) is 4.91. The molecule has 0 saturated carbocycles. The fourth-order valence-corrected chi connectivity index (χ4v) is 4.02. The number of hydrogen-bond donors (Lipinski definition) is 1. The number of fused-ring (bicyclic) bond motifs is 1. The van der Waals surface area contributed by atoms with E-state index in [0.717, 1.165) is 27.2 Å². The number of benzene rings is 2. The van der Waals surface area contributed by atoms with Gasteiger partial charge in [-0.2, -0.15) is 0 Å². The second-order valence-corrected chi connectivity index (χ2v) is 6.88. The van der Waals surface area contributed by atoms with Crippen molar-refractivity contribution in [2.24, 2.45) is 0 Å². The van der Waals surface area contributed by atoms with E-state index in [1.54, 1.807) is 17.7 Å². The first-order chi connectivity index (χ1) is 12.9. The van der Waals surface area contributed by atoms with Crippen molar-refractivity contribution in [3.8, 4) is 11.1 Å². The number of anilines is 1. The number of nitrogens with zero attached hydrogens (tertiary/aromatic N) is 3. The predicted octanol–water partition coefficient (Wildman–Crippen LogP) is 4.36. The molecule has 0 bridgehead atoms. The zero-order chi connectivity index (χ0) is 17.8. The van der Waals surface area contributed by atoms with Gasteiger partial charge in [-0.15, -0.1) is 11.3 Å². The maximum Gasteiger partial charge on any atom is 0.141 e. The minimum atomic E-state index is 0.0726. The Morgan fingerprint density at radius 3 is 2.38 bits per heavy atom. The lowest BCUT2D eigenvalue weighted by Crippen LogP contribution is -2.27. The average molecular weight is 361 g/mol. The van der Waals surface area contributed by atoms with E-state index < -0.39 is 0 Å². The van der Waals surface area contributed by atoms with E-state index in [-0.39, 0.29) is 6.61 Å². The zero-order valence-corrected chi connectivity index (χ0v) is 15.1. The SMILES string of the molecule is OCCN(Cc1ccccc1)c1ncnc2scc(-c3ccccc3)c12. The van der Waals surface area contributed by atoms with Crippen molar-refractivity contribution in [3.05, 3.63) is 77.9 Å². The van der Waals surface area contributed by atoms with E-state index in [0.29, 0.717) is 13.1 Å². The van der Waals surface area contributed by atoms with E-state index in [9.17, 15) is 5.11 Å². The second kappa shape index (κ2) is 7.64. The lowest BCUT2D eigenvalue weighted by molar-refractivity contribution is 0.301. The minimum absolute atomic E-state index is 0.0726. The molecule has 130 valence electrons. The highest BCUT2D eigenvalue weighted by Crippen LogP contribution is 2.38. The van der Waals surface area contributed by atoms with Crippen molar-refractivity contribution in [3.63, 3.8) is 0 Å². The topological polar surface area (TPSA) is 49.2 Å². The molecule has 0 fully saturated rings. The van der Waals surface area contributed by atoms with Crippen LogP contribution in [0.5, 0.6) is 0 Å². The van der Waals surface area contributed by atoms with Crippen LogP contribution in [-0.4, -0.2) is 28.2 Å². The van der Waals surface area contributed by atoms with Crippen LogP contribution >= 0.6 is 11.3 Å². The molecule has 0 aliphatic heterocycles. The molecule has 0 spiro atoms. The third-order valence-electron chi connectivity index (χ3n) is 4.32. The van der Waals surface area contributed by atoms with E-state index in [2.05, 4.69) is 44.5 Å². The van der Waals surface area contributed by atoms with Crippen molar-refractivity contribution in [2.75, 3.05) is 18.1 Å². The number of rotatable bonds is 6. The van der Waals surface area contributed by atoms with Gasteiger partial charge in [0.15, 0.2) is 0 Å². The van der Waals surface area contributed by atoms with Crippen LogP contribution in [0.25, 0.3) is 21.3 Å². The molecule has 0 atom stereocenters. The van der Waals surface area contributed by atoms with Gasteiger partial charge in [-0.3, -0.25) is 0 Å². The monoisotopic (exact) mass is 361 g/mol. The highest BCUT2D eigenvalue weighted by atomic mass is 32.1. The summed E-state index contributed by atoms with van der Waals surface area (Å²) < 4.78 is 0. The van der Waals surface area contributed by atoms with Crippen molar-refractivity contribution in [2.45, 2.75) is 6.54 Å². The first-order valence-corrected chi connectivity index (χ1v) is 9.42. The summed E-state index contributed by atoms with van der Waals surface area (Å²) in [5, 5.41) is 12.8. The molecule has 0 amide bonds. The number of aliphatic hydroxyl groups is 1. The van der Waals surface area contributed by atoms with Crippen LogP contribution in [-0.2, 0) is 6.54 Å². The molecule has 0 aliphatic rings. The third-order valence-corrected chi connectivity index (χ3v) is 5.21. The molecule has 26 heavy (non-hydrogen) atoms. The molecular formula is C21H19N3OS. The second-order valence-electron chi connectivity index (χ2n) is 6.02. The molecule has 0 saturated heterocycles. The predicted molar refractivity (Wildman–Crippen MR) is 107 cm³/mol. The summed E-state index contributed by atoms with van der Waals surface area (Å²) in [5.41, 5.74) is 3.47. The quantitative estimate of drug-likeness (QED) is 0.554. The molecule has 5 heteroatoms. The van der Waals surface area contributed by atoms with Crippen LogP contribution in [0.15, 0.2) is 72.4 Å². The molecule has 4 rings (SSSR count). The summed E-state index contributed by atoms with van der Waals surface area (Å²) in [5.74, 6) is 0.869. The Morgan fingerprint density at radius 1 is 0.923 bits per heavy atom. The van der Waals surface area contributed by atoms with Gasteiger partial charge in [0.05, 0.1) is 12.0 Å². The molecular weight excluding hydrogens is 342 g/mol. The first kappa shape index (κ1) is 16.7. The Labute approximate surface area is 156 Å². The molecule has 4 nitrogen and oxygen atoms in total. The van der Waals surface area contributed by atoms with Gasteiger partial charge < -0.3 is 10.0 Å². The first-order valence-electron chi connectivity index (χ1n) is 8.54. The highest BCUT2D eigenvalue weighted by molar-refractivity contribution is 7.17. The van der Waals surface area contributed by atoms with E-state index in [1.165, 1.54) is 5.56 Å². The molecule has 0 unspecified atom stereocenters. The summed E-state index contributed by atoms with van der Waals surface area (Å²) in [4.78, 5) is 12.1. The fraction of sp³-hybridized carbons (Fsp3) is 0.143. The minimum Gasteiger partial charge on any atom is -0.395 e. The Bertz CT molecular complexity index is 986. The smallest absolute Gasteiger partial charge is 0.141 e. The normalized spacial score (nSPS) is 11.0. The van der Waals surface area contributed by atoms with Crippen molar-refractivity contribution >= 4 is 27.4 Å². The van der Waals surface area contributed by atoms with Crippen LogP contribution in [0.3, 0.4) is 0 Å². The van der Waals surface area contributed by atoms with Gasteiger partial charge in [0.25, 0.3) is 0 Å². The van der Waals surface area contributed by atoms with Crippen LogP contribution in [0.2, 0.25) is 0 Å². The van der Waals surface area contributed by atoms with Gasteiger partial charge in [0.1, 0.15) is 17.0 Å². The van der Waals surface area contributed by atoms with Gasteiger partial charge in [-0.25, -0.2) is 9.97 Å². The van der Waals surface area contributed by atoms with Crippen molar-refractivity contribution in [1.29, 1.82) is 0 Å². The number of aromatic nitrogens is 2. The highest BCUT2D eigenvalue weighted by Gasteiger charge is 2.18. The van der Waals surface area contributed by atoms with Crippen LogP contribution in [0.4, 0.5) is 5.82 Å². The van der Waals surface area contributed by atoms with Crippen molar-refractivity contribution < 1.29 is 5.11 Å². The number of aliphatic hydroxyl groups excluding tert-OH is 1. The van der Waals surface area contributed by atoms with Crippen molar-refractivity contribution in [1.82, 2.24) is 9.97 Å². The summed E-state index contributed by atoms with van der Waals surface area (Å²) in [6, 6.07) is 20.6. The van der Waals surface area contributed by atoms with Gasteiger partial charge in [0.2, 0.25) is 0 Å². The van der Waals surface area contributed by atoms with Gasteiger partial charge >= 0.3 is 0 Å². The van der Waals surface area contributed by atoms with Crippen LogP contribution in [0.1, 0.15) is 5.56 Å². The third kappa shape index (κ3) is 3.31. The molecule has 0 radical (unpaired) electrons. The van der Waals surface area contributed by atoms with Crippen LogP contribution in [0, 0.1) is 0 Å². The van der Waals surface area contributed by atoms with E-state index >= 15 is 0 Å². The Morgan fingerprint density at radius 2 is 1.65 bits per heavy atom. The largest absolute Gasteiger partial charge is 0.395 e. The zero-order valence-electron chi connectivity index (χ0n) is 14.2. The molecule has 1 N–H and O–H groups in total. The van der Waals surface area contributed by atoms with Crippen LogP contribution < -0.4 is 4.90 Å². The molecule has 2 aromatic carbocycles. The van der Waals surface area contributed by atoms with Gasteiger partial charge in [-0.1, -0.05) is 60.7 Å². The summed E-state index contributed by atoms with van der Waals surface area (Å²) in [6.45, 7) is 1.28. The lowest BCUT2D eigenvalue weighted by Gasteiger charge is -2.24. The lowest BCUT2D eigenvalue weighted by atomic mass is 10.1. The molecule has 0 aliphatic carbocycles. The standard InChI is InChI=1S/C21H19N3OS/c25-12-11-24(13-16-7-3-1-4-8-16)20-19-18(17-9-5-2-6-10-17)14-26-21(19)23-15-22-20/h1-10,14-15,25H,11-13H2. The summed E-state index contributed by atoms with van der Waals surface area (Å²) >= 11 is 1.62. The summed E-state index contributed by atoms with van der Waals surface area (Å²) in [7, 11) is 0. The molecule has 2 aromatic heterocycles. The number of thiophene rings is 1. The summed E-state index contributed by atoms with van der Waals surface area (Å²) in [6.07, 6.45) is 1.61. The molecule has 2 heterocycles.